The van der Waals surface area contributed by atoms with Gasteiger partial charge in [-0.1, -0.05) is 6.07 Å². The first kappa shape index (κ1) is 15.2. The van der Waals surface area contributed by atoms with Crippen LogP contribution in [0.2, 0.25) is 0 Å². The van der Waals surface area contributed by atoms with Crippen LogP contribution in [0.3, 0.4) is 0 Å². The summed E-state index contributed by atoms with van der Waals surface area (Å²) in [6.07, 6.45) is 0.912. The van der Waals surface area contributed by atoms with E-state index in [9.17, 15) is 4.39 Å². The van der Waals surface area contributed by atoms with Crippen molar-refractivity contribution in [3.8, 4) is 5.75 Å². The number of benzene rings is 1. The molecule has 1 heterocycles. The molecule has 0 radical (unpaired) electrons. The van der Waals surface area contributed by atoms with E-state index in [-0.39, 0.29) is 17.6 Å². The molecule has 4 nitrogen and oxygen atoms in total. The van der Waals surface area contributed by atoms with Crippen molar-refractivity contribution >= 4 is 0 Å². The van der Waals surface area contributed by atoms with E-state index in [0.717, 1.165) is 25.1 Å². The van der Waals surface area contributed by atoms with Gasteiger partial charge in [-0.25, -0.2) is 4.39 Å². The van der Waals surface area contributed by atoms with Crippen LogP contribution in [-0.4, -0.2) is 44.9 Å². The summed E-state index contributed by atoms with van der Waals surface area (Å²) in [4.78, 5) is 2.15. The molecular formula is C15H23FN2O2. The molecule has 2 rings (SSSR count). The third kappa shape index (κ3) is 3.91. The van der Waals surface area contributed by atoms with Crippen LogP contribution >= 0.6 is 0 Å². The third-order valence-electron chi connectivity index (χ3n) is 3.75. The summed E-state index contributed by atoms with van der Waals surface area (Å²) >= 11 is 0. The lowest BCUT2D eigenvalue weighted by Crippen LogP contribution is -2.44. The number of methoxy groups -OCH3 is 1. The molecule has 0 amide bonds. The van der Waals surface area contributed by atoms with E-state index in [2.05, 4.69) is 4.90 Å². The summed E-state index contributed by atoms with van der Waals surface area (Å²) in [5.74, 6) is 0.298. The molecule has 0 aliphatic carbocycles. The lowest BCUT2D eigenvalue weighted by atomic mass is 9.96. The van der Waals surface area contributed by atoms with Crippen molar-refractivity contribution in [2.24, 2.45) is 11.7 Å². The molecule has 1 aliphatic heterocycles. The number of hydrogen-bond donors (Lipinski definition) is 1. The highest BCUT2D eigenvalue weighted by Gasteiger charge is 2.23. The molecule has 1 saturated heterocycles. The maximum absolute atomic E-state index is 13.6. The quantitative estimate of drug-likeness (QED) is 0.891. The monoisotopic (exact) mass is 282 g/mol. The van der Waals surface area contributed by atoms with E-state index in [0.29, 0.717) is 19.1 Å². The number of halogens is 1. The topological polar surface area (TPSA) is 47.7 Å². The normalized spacial score (nSPS) is 23.1. The first-order chi connectivity index (χ1) is 9.60. The lowest BCUT2D eigenvalue weighted by molar-refractivity contribution is 0.0285. The van der Waals surface area contributed by atoms with Crippen LogP contribution in [0, 0.1) is 11.7 Å². The molecule has 1 aromatic rings. The Morgan fingerprint density at radius 2 is 2.30 bits per heavy atom. The van der Waals surface area contributed by atoms with Gasteiger partial charge in [0.2, 0.25) is 0 Å². The van der Waals surface area contributed by atoms with Gasteiger partial charge in [-0.05, 0) is 31.2 Å². The Labute approximate surface area is 119 Å². The molecule has 0 spiro atoms. The summed E-state index contributed by atoms with van der Waals surface area (Å²) in [6.45, 7) is 3.01. The summed E-state index contributed by atoms with van der Waals surface area (Å²) in [5.41, 5.74) is 7.03. The summed E-state index contributed by atoms with van der Waals surface area (Å²) in [6, 6.07) is 5.26. The third-order valence-corrected chi connectivity index (χ3v) is 3.75. The van der Waals surface area contributed by atoms with E-state index in [1.54, 1.807) is 6.07 Å². The molecule has 2 atom stereocenters. The molecule has 1 fully saturated rings. The van der Waals surface area contributed by atoms with Crippen LogP contribution in [-0.2, 0) is 11.3 Å². The van der Waals surface area contributed by atoms with Gasteiger partial charge in [0.1, 0.15) is 0 Å². The largest absolute Gasteiger partial charge is 0.494 e. The van der Waals surface area contributed by atoms with Gasteiger partial charge < -0.3 is 20.1 Å². The zero-order valence-corrected chi connectivity index (χ0v) is 12.1. The average Bonchev–Trinajstić information content (AvgIpc) is 2.41. The van der Waals surface area contributed by atoms with Gasteiger partial charge in [0.25, 0.3) is 0 Å². The number of ether oxygens (including phenoxy) is 2. The molecule has 0 saturated carbocycles. The molecular weight excluding hydrogens is 259 g/mol. The van der Waals surface area contributed by atoms with Gasteiger partial charge in [0, 0.05) is 31.7 Å². The molecule has 112 valence electrons. The zero-order valence-electron chi connectivity index (χ0n) is 12.1. The minimum atomic E-state index is -0.323. The molecule has 20 heavy (non-hydrogen) atoms. The maximum Gasteiger partial charge on any atom is 0.165 e. The molecule has 0 bridgehead atoms. The minimum Gasteiger partial charge on any atom is -0.494 e. The summed E-state index contributed by atoms with van der Waals surface area (Å²) in [5, 5.41) is 0. The Balaban J connectivity index is 1.90. The van der Waals surface area contributed by atoms with E-state index < -0.39 is 0 Å². The maximum atomic E-state index is 13.6. The Hall–Kier alpha value is -1.17. The van der Waals surface area contributed by atoms with Gasteiger partial charge >= 0.3 is 0 Å². The van der Waals surface area contributed by atoms with Crippen LogP contribution < -0.4 is 10.5 Å². The Morgan fingerprint density at radius 3 is 2.95 bits per heavy atom. The molecule has 1 aliphatic rings. The number of nitrogens with zero attached hydrogens (tertiary/aromatic N) is 1. The second-order valence-corrected chi connectivity index (χ2v) is 5.45. The van der Waals surface area contributed by atoms with E-state index in [1.165, 1.54) is 13.2 Å². The van der Waals surface area contributed by atoms with Crippen LogP contribution in [0.15, 0.2) is 18.2 Å². The van der Waals surface area contributed by atoms with Crippen molar-refractivity contribution < 1.29 is 13.9 Å². The fraction of sp³-hybridized carbons (Fsp3) is 0.600. The smallest absolute Gasteiger partial charge is 0.165 e. The van der Waals surface area contributed by atoms with Crippen LogP contribution in [0.25, 0.3) is 0 Å². The van der Waals surface area contributed by atoms with Crippen molar-refractivity contribution in [2.45, 2.75) is 19.0 Å². The predicted octanol–water partition coefficient (Wildman–Crippen LogP) is 1.63. The Bertz CT molecular complexity index is 442. The number of rotatable bonds is 5. The van der Waals surface area contributed by atoms with E-state index in [1.807, 2.05) is 13.1 Å². The molecule has 0 aromatic heterocycles. The van der Waals surface area contributed by atoms with Gasteiger partial charge in [-0.3, -0.25) is 0 Å². The average molecular weight is 282 g/mol. The van der Waals surface area contributed by atoms with E-state index >= 15 is 0 Å². The van der Waals surface area contributed by atoms with Gasteiger partial charge in [0.15, 0.2) is 11.6 Å². The zero-order chi connectivity index (χ0) is 14.5. The van der Waals surface area contributed by atoms with Crippen LogP contribution in [0.4, 0.5) is 4.39 Å². The Kier molecular flexibility index (Phi) is 5.34. The summed E-state index contributed by atoms with van der Waals surface area (Å²) < 4.78 is 24.0. The van der Waals surface area contributed by atoms with Gasteiger partial charge in [-0.15, -0.1) is 0 Å². The van der Waals surface area contributed by atoms with Crippen molar-refractivity contribution in [2.75, 3.05) is 33.9 Å². The molecule has 5 heteroatoms. The van der Waals surface area contributed by atoms with Crippen LogP contribution in [0.5, 0.6) is 5.75 Å². The van der Waals surface area contributed by atoms with Crippen molar-refractivity contribution in [1.29, 1.82) is 0 Å². The van der Waals surface area contributed by atoms with Crippen molar-refractivity contribution in [1.82, 2.24) is 4.90 Å². The second kappa shape index (κ2) is 7.02. The van der Waals surface area contributed by atoms with Crippen molar-refractivity contribution in [3.05, 3.63) is 29.6 Å². The number of nitrogens with two attached hydrogens (primary N) is 1. The van der Waals surface area contributed by atoms with E-state index in [4.69, 9.17) is 15.2 Å². The van der Waals surface area contributed by atoms with Crippen molar-refractivity contribution in [3.63, 3.8) is 0 Å². The SMILES string of the molecule is COc1ccc(CN(C)CC2COCCC2N)cc1F. The lowest BCUT2D eigenvalue weighted by Gasteiger charge is -2.32. The standard InChI is InChI=1S/C15H23FN2O2/c1-18(9-12-10-20-6-5-14(12)17)8-11-3-4-15(19-2)13(16)7-11/h3-4,7,12,14H,5-6,8-10,17H2,1-2H3. The van der Waals surface area contributed by atoms with Crippen LogP contribution in [0.1, 0.15) is 12.0 Å². The first-order valence-corrected chi connectivity index (χ1v) is 6.94. The highest BCUT2D eigenvalue weighted by atomic mass is 19.1. The highest BCUT2D eigenvalue weighted by molar-refractivity contribution is 5.29. The highest BCUT2D eigenvalue weighted by Crippen LogP contribution is 2.19. The van der Waals surface area contributed by atoms with Gasteiger partial charge in [0.05, 0.1) is 13.7 Å². The Morgan fingerprint density at radius 1 is 1.50 bits per heavy atom. The molecule has 1 aromatic carbocycles. The number of hydrogen-bond acceptors (Lipinski definition) is 4. The molecule has 2 unspecified atom stereocenters. The molecule has 2 N–H and O–H groups in total. The fourth-order valence-electron chi connectivity index (χ4n) is 2.59. The first-order valence-electron chi connectivity index (χ1n) is 6.94. The minimum absolute atomic E-state index is 0.193. The predicted molar refractivity (Wildman–Crippen MR) is 76.2 cm³/mol. The fourth-order valence-corrected chi connectivity index (χ4v) is 2.59. The second-order valence-electron chi connectivity index (χ2n) is 5.45. The summed E-state index contributed by atoms with van der Waals surface area (Å²) in [7, 11) is 3.48. The van der Waals surface area contributed by atoms with Gasteiger partial charge in [-0.2, -0.15) is 0 Å².